The third kappa shape index (κ3) is 2.96. The molecular formula is C16H28O2. The topological polar surface area (TPSA) is 26.3 Å². The molecule has 0 saturated heterocycles. The number of Topliss-reactive ketones (excluding diaryl/α,β-unsaturated/α-hetero) is 1. The quantitative estimate of drug-likeness (QED) is 0.660. The van der Waals surface area contributed by atoms with Gasteiger partial charge >= 0.3 is 0 Å². The van der Waals surface area contributed by atoms with Crippen molar-refractivity contribution in [1.82, 2.24) is 0 Å². The average Bonchev–Trinajstić information content (AvgIpc) is 2.65. The molecule has 18 heavy (non-hydrogen) atoms. The second-order valence-electron chi connectivity index (χ2n) is 6.12. The maximum Gasteiger partial charge on any atom is 0.144 e. The lowest BCUT2D eigenvalue weighted by Crippen LogP contribution is -2.55. The van der Waals surface area contributed by atoms with Gasteiger partial charge in [0.15, 0.2) is 0 Å². The Bertz CT molecular complexity index is 264. The van der Waals surface area contributed by atoms with Gasteiger partial charge in [-0.2, -0.15) is 0 Å². The third-order valence-electron chi connectivity index (χ3n) is 4.86. The zero-order chi connectivity index (χ0) is 12.8. The molecule has 0 aromatic rings. The highest BCUT2D eigenvalue weighted by molar-refractivity contribution is 5.92. The van der Waals surface area contributed by atoms with E-state index in [4.69, 9.17) is 4.74 Å². The Balaban J connectivity index is 1.76. The van der Waals surface area contributed by atoms with Crippen molar-refractivity contribution in [2.75, 3.05) is 6.61 Å². The number of hydrogen-bond acceptors (Lipinski definition) is 2. The Kier molecular flexibility index (Phi) is 5.23. The second-order valence-corrected chi connectivity index (χ2v) is 6.12. The molecule has 2 aliphatic carbocycles. The van der Waals surface area contributed by atoms with Crippen LogP contribution < -0.4 is 0 Å². The standard InChI is InChI=1S/C16H28O2/c1-2-3-4-9-12-18-15-13-14(17)16(15)10-7-5-6-8-11-16/h15H,2-13H2,1H3. The first kappa shape index (κ1) is 14.0. The smallest absolute Gasteiger partial charge is 0.144 e. The summed E-state index contributed by atoms with van der Waals surface area (Å²) in [5.74, 6) is 0.489. The molecule has 2 saturated carbocycles. The first-order chi connectivity index (χ1) is 8.79. The zero-order valence-corrected chi connectivity index (χ0v) is 11.9. The Morgan fingerprint density at radius 1 is 1.11 bits per heavy atom. The normalized spacial score (nSPS) is 26.9. The lowest BCUT2D eigenvalue weighted by Gasteiger charge is -2.47. The van der Waals surface area contributed by atoms with Crippen LogP contribution in [0.5, 0.6) is 0 Å². The van der Waals surface area contributed by atoms with Crippen molar-refractivity contribution in [3.8, 4) is 0 Å². The van der Waals surface area contributed by atoms with E-state index < -0.39 is 0 Å². The SMILES string of the molecule is CCCCCCOC1CC(=O)C12CCCCCC2. The molecule has 2 aliphatic rings. The van der Waals surface area contributed by atoms with Gasteiger partial charge in [0.25, 0.3) is 0 Å². The minimum absolute atomic E-state index is 0.0543. The highest BCUT2D eigenvalue weighted by Gasteiger charge is 2.54. The lowest BCUT2D eigenvalue weighted by atomic mass is 9.60. The van der Waals surface area contributed by atoms with Crippen LogP contribution in [0, 0.1) is 5.41 Å². The van der Waals surface area contributed by atoms with E-state index in [0.29, 0.717) is 12.2 Å². The molecule has 1 atom stereocenters. The molecule has 0 amide bonds. The van der Waals surface area contributed by atoms with Gasteiger partial charge in [-0.1, -0.05) is 51.9 Å². The van der Waals surface area contributed by atoms with E-state index in [-0.39, 0.29) is 11.5 Å². The summed E-state index contributed by atoms with van der Waals surface area (Å²) in [5, 5.41) is 0. The summed E-state index contributed by atoms with van der Waals surface area (Å²) in [4.78, 5) is 12.0. The number of carbonyl (C=O) groups excluding carboxylic acids is 1. The van der Waals surface area contributed by atoms with Gasteiger partial charge in [-0.15, -0.1) is 0 Å². The molecule has 2 nitrogen and oxygen atoms in total. The summed E-state index contributed by atoms with van der Waals surface area (Å²) in [5.41, 5.74) is -0.0543. The first-order valence-electron chi connectivity index (χ1n) is 7.94. The van der Waals surface area contributed by atoms with Crippen molar-refractivity contribution < 1.29 is 9.53 Å². The number of ketones is 1. The predicted octanol–water partition coefficient (Wildman–Crippen LogP) is 4.27. The maximum absolute atomic E-state index is 12.0. The zero-order valence-electron chi connectivity index (χ0n) is 11.9. The minimum atomic E-state index is -0.0543. The molecule has 0 aromatic carbocycles. The molecule has 0 bridgehead atoms. The molecule has 104 valence electrons. The van der Waals surface area contributed by atoms with Gasteiger partial charge < -0.3 is 4.74 Å². The average molecular weight is 252 g/mol. The van der Waals surface area contributed by atoms with Crippen LogP contribution in [0.4, 0.5) is 0 Å². The number of ether oxygens (including phenoxy) is 1. The lowest BCUT2D eigenvalue weighted by molar-refractivity contribution is -0.166. The van der Waals surface area contributed by atoms with Crippen LogP contribution in [0.3, 0.4) is 0 Å². The fraction of sp³-hybridized carbons (Fsp3) is 0.938. The van der Waals surface area contributed by atoms with Gasteiger partial charge in [-0.3, -0.25) is 4.79 Å². The molecule has 0 N–H and O–H groups in total. The molecule has 1 unspecified atom stereocenters. The maximum atomic E-state index is 12.0. The fourth-order valence-electron chi connectivity index (χ4n) is 3.55. The van der Waals surface area contributed by atoms with E-state index in [0.717, 1.165) is 25.9 Å². The van der Waals surface area contributed by atoms with Crippen molar-refractivity contribution in [3.63, 3.8) is 0 Å². The third-order valence-corrected chi connectivity index (χ3v) is 4.86. The van der Waals surface area contributed by atoms with Crippen LogP contribution >= 0.6 is 0 Å². The Morgan fingerprint density at radius 2 is 1.83 bits per heavy atom. The summed E-state index contributed by atoms with van der Waals surface area (Å²) in [6, 6.07) is 0. The van der Waals surface area contributed by atoms with Crippen molar-refractivity contribution in [2.24, 2.45) is 5.41 Å². The Morgan fingerprint density at radius 3 is 2.44 bits per heavy atom. The molecule has 1 spiro atoms. The number of hydrogen-bond donors (Lipinski definition) is 0. The number of carbonyl (C=O) groups is 1. The summed E-state index contributed by atoms with van der Waals surface area (Å²) in [7, 11) is 0. The first-order valence-corrected chi connectivity index (χ1v) is 7.94. The van der Waals surface area contributed by atoms with Gasteiger partial charge in [0, 0.05) is 13.0 Å². The van der Waals surface area contributed by atoms with Crippen molar-refractivity contribution in [2.45, 2.75) is 83.7 Å². The van der Waals surface area contributed by atoms with Crippen LogP contribution in [-0.4, -0.2) is 18.5 Å². The number of rotatable bonds is 6. The monoisotopic (exact) mass is 252 g/mol. The van der Waals surface area contributed by atoms with E-state index in [9.17, 15) is 4.79 Å². The van der Waals surface area contributed by atoms with Gasteiger partial charge in [0.05, 0.1) is 11.5 Å². The molecule has 2 rings (SSSR count). The van der Waals surface area contributed by atoms with E-state index in [1.807, 2.05) is 0 Å². The molecule has 2 heteroatoms. The van der Waals surface area contributed by atoms with Gasteiger partial charge in [0.2, 0.25) is 0 Å². The minimum Gasteiger partial charge on any atom is -0.377 e. The van der Waals surface area contributed by atoms with E-state index in [1.165, 1.54) is 44.9 Å². The highest BCUT2D eigenvalue weighted by atomic mass is 16.5. The summed E-state index contributed by atoms with van der Waals surface area (Å²) in [6.07, 6.45) is 13.2. The van der Waals surface area contributed by atoms with Crippen LogP contribution in [0.1, 0.15) is 77.6 Å². The van der Waals surface area contributed by atoms with Crippen molar-refractivity contribution in [1.29, 1.82) is 0 Å². The van der Waals surface area contributed by atoms with Crippen LogP contribution in [0.2, 0.25) is 0 Å². The Labute approximate surface area is 111 Å². The molecular weight excluding hydrogens is 224 g/mol. The second kappa shape index (κ2) is 6.70. The summed E-state index contributed by atoms with van der Waals surface area (Å²) >= 11 is 0. The molecule has 0 heterocycles. The van der Waals surface area contributed by atoms with Gasteiger partial charge in [-0.05, 0) is 19.3 Å². The van der Waals surface area contributed by atoms with Crippen molar-refractivity contribution in [3.05, 3.63) is 0 Å². The van der Waals surface area contributed by atoms with Crippen LogP contribution in [0.25, 0.3) is 0 Å². The fourth-order valence-corrected chi connectivity index (χ4v) is 3.55. The molecule has 0 aromatic heterocycles. The van der Waals surface area contributed by atoms with Gasteiger partial charge in [-0.25, -0.2) is 0 Å². The van der Waals surface area contributed by atoms with E-state index in [1.54, 1.807) is 0 Å². The van der Waals surface area contributed by atoms with Gasteiger partial charge in [0.1, 0.15) is 5.78 Å². The largest absolute Gasteiger partial charge is 0.377 e. The van der Waals surface area contributed by atoms with Crippen LogP contribution in [-0.2, 0) is 9.53 Å². The highest BCUT2D eigenvalue weighted by Crippen LogP contribution is 2.49. The van der Waals surface area contributed by atoms with Crippen molar-refractivity contribution >= 4 is 5.78 Å². The van der Waals surface area contributed by atoms with Crippen LogP contribution in [0.15, 0.2) is 0 Å². The van der Waals surface area contributed by atoms with E-state index in [2.05, 4.69) is 6.92 Å². The molecule has 0 aliphatic heterocycles. The molecule has 2 fully saturated rings. The Hall–Kier alpha value is -0.370. The summed E-state index contributed by atoms with van der Waals surface area (Å²) < 4.78 is 6.02. The predicted molar refractivity (Wildman–Crippen MR) is 73.6 cm³/mol. The molecule has 0 radical (unpaired) electrons. The van der Waals surface area contributed by atoms with E-state index >= 15 is 0 Å². The number of unbranched alkanes of at least 4 members (excludes halogenated alkanes) is 3. The summed E-state index contributed by atoms with van der Waals surface area (Å²) in [6.45, 7) is 3.09.